The molecule has 0 saturated carbocycles. The van der Waals surface area contributed by atoms with Gasteiger partial charge in [-0.05, 0) is 82.6 Å². The molecule has 0 spiro atoms. The molecule has 0 bridgehead atoms. The Hall–Kier alpha value is -3.75. The summed E-state index contributed by atoms with van der Waals surface area (Å²) < 4.78 is 16.6. The number of hydrogen-bond acceptors (Lipinski definition) is 6. The second-order valence-electron chi connectivity index (χ2n) is 11.9. The largest absolute Gasteiger partial charge is 0.494 e. The number of aliphatic carboxylic acids is 1. The number of rotatable bonds is 12. The minimum absolute atomic E-state index is 0.0573. The Bertz CT molecular complexity index is 1120. The number of carboxylic acids is 1. The summed E-state index contributed by atoms with van der Waals surface area (Å²) in [5.41, 5.74) is -0.429. The van der Waals surface area contributed by atoms with Gasteiger partial charge in [0, 0.05) is 19.5 Å². The van der Waals surface area contributed by atoms with Crippen LogP contribution in [0.2, 0.25) is 0 Å². The first-order valence-electron chi connectivity index (χ1n) is 14.4. The second kappa shape index (κ2) is 14.8. The molecule has 0 unspecified atom stereocenters. The van der Waals surface area contributed by atoms with Gasteiger partial charge >= 0.3 is 18.2 Å². The fourth-order valence-electron chi connectivity index (χ4n) is 4.73. The molecule has 0 aliphatic carbocycles. The molecule has 9 heteroatoms. The summed E-state index contributed by atoms with van der Waals surface area (Å²) in [6.07, 6.45) is 4.17. The van der Waals surface area contributed by atoms with E-state index in [0.29, 0.717) is 18.3 Å². The Morgan fingerprint density at radius 2 is 1.59 bits per heavy atom. The van der Waals surface area contributed by atoms with Gasteiger partial charge in [-0.25, -0.2) is 14.4 Å². The van der Waals surface area contributed by atoms with Gasteiger partial charge in [-0.1, -0.05) is 48.9 Å². The average molecular weight is 569 g/mol. The number of ether oxygens (including phenoxy) is 3. The van der Waals surface area contributed by atoms with Crippen LogP contribution in [0, 0.1) is 5.92 Å². The third kappa shape index (κ3) is 11.0. The Morgan fingerprint density at radius 1 is 0.927 bits per heavy atom. The standard InChI is InChI=1S/C32H44N2O7/c1-31(2,3)41-30(38)34-19-17-24(18-20-34)10-8-9-21-39-27-15-13-25(14-16-27)22-32(4,28(35)36)33-29(37)40-23-26-11-6-5-7-12-26/h5-7,11-16,24H,8-10,17-23H2,1-4H3,(H,33,37)(H,35,36)/t32-/m0/s1. The minimum atomic E-state index is -1.53. The number of benzene rings is 2. The number of alkyl carbamates (subject to hydrolysis) is 1. The van der Waals surface area contributed by atoms with E-state index in [4.69, 9.17) is 14.2 Å². The Kier molecular flexibility index (Phi) is 11.4. The zero-order valence-electron chi connectivity index (χ0n) is 24.7. The predicted molar refractivity (Wildman–Crippen MR) is 156 cm³/mol. The summed E-state index contributed by atoms with van der Waals surface area (Å²) in [4.78, 5) is 38.3. The third-order valence-corrected chi connectivity index (χ3v) is 7.09. The van der Waals surface area contributed by atoms with Crippen molar-refractivity contribution < 1.29 is 33.7 Å². The van der Waals surface area contributed by atoms with Crippen molar-refractivity contribution in [3.63, 3.8) is 0 Å². The predicted octanol–water partition coefficient (Wildman–Crippen LogP) is 6.20. The second-order valence-corrected chi connectivity index (χ2v) is 11.9. The number of nitrogens with zero attached hydrogens (tertiary/aromatic N) is 1. The molecule has 1 heterocycles. The van der Waals surface area contributed by atoms with E-state index in [1.165, 1.54) is 6.92 Å². The van der Waals surface area contributed by atoms with Crippen molar-refractivity contribution in [2.24, 2.45) is 5.92 Å². The van der Waals surface area contributed by atoms with E-state index in [-0.39, 0.29) is 19.1 Å². The van der Waals surface area contributed by atoms with E-state index in [1.54, 1.807) is 4.90 Å². The lowest BCUT2D eigenvalue weighted by Gasteiger charge is -2.33. The highest BCUT2D eigenvalue weighted by Gasteiger charge is 2.36. The van der Waals surface area contributed by atoms with E-state index in [0.717, 1.165) is 56.3 Å². The summed E-state index contributed by atoms with van der Waals surface area (Å²) >= 11 is 0. The molecule has 9 nitrogen and oxygen atoms in total. The number of nitrogens with one attached hydrogen (secondary N) is 1. The van der Waals surface area contributed by atoms with Gasteiger partial charge in [0.25, 0.3) is 0 Å². The van der Waals surface area contributed by atoms with Crippen LogP contribution < -0.4 is 10.1 Å². The highest BCUT2D eigenvalue weighted by molar-refractivity contribution is 5.84. The number of likely N-dealkylation sites (tertiary alicyclic amines) is 1. The molecule has 224 valence electrons. The molecule has 1 aliphatic rings. The number of amides is 2. The minimum Gasteiger partial charge on any atom is -0.494 e. The number of unbranched alkanes of at least 4 members (excludes halogenated alkanes) is 1. The highest BCUT2D eigenvalue weighted by atomic mass is 16.6. The fourth-order valence-corrected chi connectivity index (χ4v) is 4.73. The summed E-state index contributed by atoms with van der Waals surface area (Å²) in [7, 11) is 0. The van der Waals surface area contributed by atoms with Crippen molar-refractivity contribution in [1.29, 1.82) is 0 Å². The van der Waals surface area contributed by atoms with Crippen molar-refractivity contribution in [3.8, 4) is 5.75 Å². The van der Waals surface area contributed by atoms with Crippen LogP contribution >= 0.6 is 0 Å². The van der Waals surface area contributed by atoms with Gasteiger partial charge in [0.05, 0.1) is 6.61 Å². The monoisotopic (exact) mass is 568 g/mol. The molecular formula is C32H44N2O7. The van der Waals surface area contributed by atoms with Crippen LogP contribution in [0.15, 0.2) is 54.6 Å². The first-order valence-corrected chi connectivity index (χ1v) is 14.4. The summed E-state index contributed by atoms with van der Waals surface area (Å²) in [5, 5.41) is 12.3. The molecule has 1 atom stereocenters. The van der Waals surface area contributed by atoms with E-state index in [1.807, 2.05) is 75.4 Å². The van der Waals surface area contributed by atoms with Gasteiger partial charge in [-0.15, -0.1) is 0 Å². The summed E-state index contributed by atoms with van der Waals surface area (Å²) in [6.45, 7) is 9.26. The van der Waals surface area contributed by atoms with Crippen molar-refractivity contribution in [2.45, 2.75) is 84.0 Å². The zero-order valence-corrected chi connectivity index (χ0v) is 24.7. The number of carbonyl (C=O) groups excluding carboxylic acids is 2. The summed E-state index contributed by atoms with van der Waals surface area (Å²) in [5.74, 6) is 0.178. The average Bonchev–Trinajstić information content (AvgIpc) is 2.92. The lowest BCUT2D eigenvalue weighted by Crippen LogP contribution is -2.53. The van der Waals surface area contributed by atoms with Crippen molar-refractivity contribution in [3.05, 3.63) is 65.7 Å². The Morgan fingerprint density at radius 3 is 2.20 bits per heavy atom. The Labute approximate surface area is 243 Å². The van der Waals surface area contributed by atoms with Crippen LogP contribution in [0.1, 0.15) is 70.9 Å². The molecule has 41 heavy (non-hydrogen) atoms. The molecule has 1 aliphatic heterocycles. The zero-order chi connectivity index (χ0) is 29.9. The lowest BCUT2D eigenvalue weighted by atomic mass is 9.92. The molecule has 0 radical (unpaired) electrons. The quantitative estimate of drug-likeness (QED) is 0.293. The van der Waals surface area contributed by atoms with Crippen LogP contribution in [0.4, 0.5) is 9.59 Å². The number of hydrogen-bond donors (Lipinski definition) is 2. The molecule has 2 aromatic carbocycles. The van der Waals surface area contributed by atoms with Crippen LogP contribution in [0.25, 0.3) is 0 Å². The van der Waals surface area contributed by atoms with E-state index >= 15 is 0 Å². The maximum Gasteiger partial charge on any atom is 0.410 e. The number of carboxylic acid groups (broad SMARTS) is 1. The molecule has 2 aromatic rings. The van der Waals surface area contributed by atoms with Gasteiger partial charge in [0.2, 0.25) is 0 Å². The normalized spacial score (nSPS) is 15.5. The van der Waals surface area contributed by atoms with E-state index < -0.39 is 23.2 Å². The van der Waals surface area contributed by atoms with Crippen molar-refractivity contribution in [1.82, 2.24) is 10.2 Å². The highest BCUT2D eigenvalue weighted by Crippen LogP contribution is 2.24. The smallest absolute Gasteiger partial charge is 0.410 e. The molecule has 1 fully saturated rings. The van der Waals surface area contributed by atoms with Crippen molar-refractivity contribution in [2.75, 3.05) is 19.7 Å². The van der Waals surface area contributed by atoms with Crippen LogP contribution in [-0.2, 0) is 27.3 Å². The van der Waals surface area contributed by atoms with E-state index in [2.05, 4.69) is 5.32 Å². The summed E-state index contributed by atoms with van der Waals surface area (Å²) in [6, 6.07) is 16.5. The van der Waals surface area contributed by atoms with Crippen LogP contribution in [0.3, 0.4) is 0 Å². The van der Waals surface area contributed by atoms with Crippen LogP contribution in [-0.4, -0.2) is 59.0 Å². The lowest BCUT2D eigenvalue weighted by molar-refractivity contribution is -0.143. The molecular weight excluding hydrogens is 524 g/mol. The molecule has 3 rings (SSSR count). The van der Waals surface area contributed by atoms with Gasteiger partial charge in [0.15, 0.2) is 0 Å². The SMILES string of the molecule is CC(C)(C)OC(=O)N1CCC(CCCCOc2ccc(C[C@](C)(NC(=O)OCc3ccccc3)C(=O)O)cc2)CC1. The Balaban J connectivity index is 1.35. The number of piperidine rings is 1. The molecule has 2 amide bonds. The van der Waals surface area contributed by atoms with Gasteiger partial charge in [-0.3, -0.25) is 0 Å². The molecule has 0 aromatic heterocycles. The van der Waals surface area contributed by atoms with Crippen LogP contribution in [0.5, 0.6) is 5.75 Å². The first kappa shape index (κ1) is 31.8. The topological polar surface area (TPSA) is 114 Å². The fraction of sp³-hybridized carbons (Fsp3) is 0.531. The molecule has 2 N–H and O–H groups in total. The van der Waals surface area contributed by atoms with Gasteiger partial charge < -0.3 is 29.5 Å². The third-order valence-electron chi connectivity index (χ3n) is 7.09. The maximum absolute atomic E-state index is 12.3. The first-order chi connectivity index (χ1) is 19.4. The number of carbonyl (C=O) groups is 3. The molecule has 1 saturated heterocycles. The maximum atomic E-state index is 12.3. The van der Waals surface area contributed by atoms with Gasteiger partial charge in [0.1, 0.15) is 23.5 Å². The van der Waals surface area contributed by atoms with E-state index in [9.17, 15) is 19.5 Å². The van der Waals surface area contributed by atoms with Gasteiger partial charge in [-0.2, -0.15) is 0 Å². The van der Waals surface area contributed by atoms with Crippen molar-refractivity contribution >= 4 is 18.2 Å².